The molecule has 1 amide bonds. The minimum Gasteiger partial charge on any atom is -0.483 e. The molecule has 0 atom stereocenters. The number of benzene rings is 3. The Morgan fingerprint density at radius 2 is 1.82 bits per heavy atom. The first-order valence-corrected chi connectivity index (χ1v) is 9.03. The van der Waals surface area contributed by atoms with Gasteiger partial charge in [0.1, 0.15) is 5.75 Å². The third kappa shape index (κ3) is 3.97. The summed E-state index contributed by atoms with van der Waals surface area (Å²) in [6.45, 7) is -0.00526. The van der Waals surface area contributed by atoms with Crippen LogP contribution in [0.25, 0.3) is 22.2 Å². The molecule has 0 bridgehead atoms. The summed E-state index contributed by atoms with van der Waals surface area (Å²) in [4.78, 5) is 16.4. The number of carbonyl (C=O) groups is 1. The zero-order valence-corrected chi connectivity index (χ0v) is 15.5. The van der Waals surface area contributed by atoms with Crippen LogP contribution in [0.5, 0.6) is 5.75 Å². The molecule has 140 valence electrons. The number of amides is 1. The highest BCUT2D eigenvalue weighted by Gasteiger charge is 2.12. The Hall–Kier alpha value is -3.38. The molecule has 7 heteroatoms. The highest BCUT2D eigenvalue weighted by Crippen LogP contribution is 2.25. The van der Waals surface area contributed by atoms with Crippen LogP contribution in [0, 0.1) is 0 Å². The van der Waals surface area contributed by atoms with E-state index in [0.717, 1.165) is 10.8 Å². The van der Waals surface area contributed by atoms with Crippen LogP contribution < -0.4 is 10.1 Å². The Kier molecular flexibility index (Phi) is 5.21. The molecule has 0 radical (unpaired) electrons. The lowest BCUT2D eigenvalue weighted by molar-refractivity contribution is -0.123. The van der Waals surface area contributed by atoms with E-state index >= 15 is 0 Å². The summed E-state index contributed by atoms with van der Waals surface area (Å²) in [5, 5.41) is 9.14. The number of hydrogen-bond acceptors (Lipinski definition) is 5. The molecule has 6 nitrogen and oxygen atoms in total. The number of hydrogen-bond donors (Lipinski definition) is 1. The van der Waals surface area contributed by atoms with Crippen LogP contribution in [0.1, 0.15) is 5.89 Å². The SMILES string of the molecule is O=C(COc1cccc2ccccc12)NCc1nc(-c2ccccc2Cl)no1. The van der Waals surface area contributed by atoms with Crippen LogP contribution in [0.3, 0.4) is 0 Å². The molecular formula is C21H16ClN3O3. The lowest BCUT2D eigenvalue weighted by Gasteiger charge is -2.09. The molecule has 1 heterocycles. The first-order valence-electron chi connectivity index (χ1n) is 8.65. The molecule has 0 fully saturated rings. The molecule has 0 aliphatic heterocycles. The molecule has 0 saturated heterocycles. The molecule has 1 N–H and O–H groups in total. The van der Waals surface area contributed by atoms with Gasteiger partial charge in [-0.1, -0.05) is 65.3 Å². The molecule has 0 unspecified atom stereocenters. The van der Waals surface area contributed by atoms with Crippen LogP contribution in [0.15, 0.2) is 71.3 Å². The average Bonchev–Trinajstić information content (AvgIpc) is 3.20. The predicted molar refractivity (Wildman–Crippen MR) is 106 cm³/mol. The Bertz CT molecular complexity index is 1120. The van der Waals surface area contributed by atoms with Gasteiger partial charge in [-0.2, -0.15) is 4.98 Å². The van der Waals surface area contributed by atoms with Crippen molar-refractivity contribution in [2.45, 2.75) is 6.54 Å². The summed E-state index contributed by atoms with van der Waals surface area (Å²) in [6.07, 6.45) is 0. The lowest BCUT2D eigenvalue weighted by Crippen LogP contribution is -2.28. The fourth-order valence-corrected chi connectivity index (χ4v) is 2.99. The van der Waals surface area contributed by atoms with E-state index in [1.807, 2.05) is 54.6 Å². The average molecular weight is 394 g/mol. The molecule has 4 rings (SSSR count). The summed E-state index contributed by atoms with van der Waals surface area (Å²) < 4.78 is 10.8. The maximum atomic E-state index is 12.1. The van der Waals surface area contributed by atoms with E-state index in [2.05, 4.69) is 15.5 Å². The third-order valence-corrected chi connectivity index (χ3v) is 4.46. The van der Waals surface area contributed by atoms with Crippen LogP contribution in [0.4, 0.5) is 0 Å². The number of halogens is 1. The van der Waals surface area contributed by atoms with Gasteiger partial charge in [0.05, 0.1) is 11.6 Å². The van der Waals surface area contributed by atoms with Crippen molar-refractivity contribution in [3.8, 4) is 17.1 Å². The molecule has 0 saturated carbocycles. The van der Waals surface area contributed by atoms with Crippen LogP contribution in [0.2, 0.25) is 5.02 Å². The number of nitrogens with one attached hydrogen (secondary N) is 1. The fourth-order valence-electron chi connectivity index (χ4n) is 2.77. The van der Waals surface area contributed by atoms with Gasteiger partial charge in [0.15, 0.2) is 6.61 Å². The molecule has 1 aromatic heterocycles. The van der Waals surface area contributed by atoms with E-state index < -0.39 is 0 Å². The van der Waals surface area contributed by atoms with Gasteiger partial charge >= 0.3 is 0 Å². The molecule has 0 aliphatic carbocycles. The summed E-state index contributed by atoms with van der Waals surface area (Å²) in [7, 11) is 0. The van der Waals surface area contributed by atoms with Gasteiger partial charge in [-0.15, -0.1) is 0 Å². The standard InChI is InChI=1S/C21H16ClN3O3/c22-17-10-4-3-9-16(17)21-24-20(28-25-21)12-23-19(26)13-27-18-11-5-7-14-6-1-2-8-15(14)18/h1-11H,12-13H2,(H,23,26). The highest BCUT2D eigenvalue weighted by atomic mass is 35.5. The smallest absolute Gasteiger partial charge is 0.258 e. The maximum Gasteiger partial charge on any atom is 0.258 e. The van der Waals surface area contributed by atoms with Gasteiger partial charge in [-0.25, -0.2) is 0 Å². The van der Waals surface area contributed by atoms with Crippen LogP contribution in [-0.4, -0.2) is 22.7 Å². The van der Waals surface area contributed by atoms with Gasteiger partial charge in [-0.3, -0.25) is 4.79 Å². The molecule has 28 heavy (non-hydrogen) atoms. The van der Waals surface area contributed by atoms with Gasteiger partial charge in [0.25, 0.3) is 5.91 Å². The van der Waals surface area contributed by atoms with Gasteiger partial charge in [0.2, 0.25) is 11.7 Å². The van der Waals surface area contributed by atoms with Crippen molar-refractivity contribution in [1.82, 2.24) is 15.5 Å². The third-order valence-electron chi connectivity index (χ3n) is 4.13. The number of nitrogens with zero attached hydrogens (tertiary/aromatic N) is 2. The Morgan fingerprint density at radius 1 is 1.04 bits per heavy atom. The van der Waals surface area contributed by atoms with E-state index in [4.69, 9.17) is 20.9 Å². The zero-order chi connectivity index (χ0) is 19.3. The first kappa shape index (κ1) is 18.0. The van der Waals surface area contributed by atoms with Gasteiger partial charge in [-0.05, 0) is 23.6 Å². The van der Waals surface area contributed by atoms with Crippen molar-refractivity contribution in [3.63, 3.8) is 0 Å². The van der Waals surface area contributed by atoms with E-state index in [1.165, 1.54) is 0 Å². The Balaban J connectivity index is 1.34. The summed E-state index contributed by atoms with van der Waals surface area (Å²) in [5.74, 6) is 1.03. The normalized spacial score (nSPS) is 10.8. The van der Waals surface area contributed by atoms with E-state index in [1.54, 1.807) is 12.1 Å². The summed E-state index contributed by atoms with van der Waals surface area (Å²) in [5.41, 5.74) is 0.671. The first-order chi connectivity index (χ1) is 13.7. The lowest BCUT2D eigenvalue weighted by atomic mass is 10.1. The second kappa shape index (κ2) is 8.10. The highest BCUT2D eigenvalue weighted by molar-refractivity contribution is 6.33. The number of fused-ring (bicyclic) bond motifs is 1. The molecule has 3 aromatic carbocycles. The molecule has 4 aromatic rings. The van der Waals surface area contributed by atoms with Crippen molar-refractivity contribution in [2.24, 2.45) is 0 Å². The van der Waals surface area contributed by atoms with E-state index in [0.29, 0.717) is 22.2 Å². The van der Waals surface area contributed by atoms with Crippen molar-refractivity contribution < 1.29 is 14.1 Å². The zero-order valence-electron chi connectivity index (χ0n) is 14.8. The van der Waals surface area contributed by atoms with Crippen LogP contribution in [-0.2, 0) is 11.3 Å². The summed E-state index contributed by atoms with van der Waals surface area (Å²) in [6, 6.07) is 20.8. The van der Waals surface area contributed by atoms with Gasteiger partial charge in [0, 0.05) is 10.9 Å². The van der Waals surface area contributed by atoms with Crippen molar-refractivity contribution in [2.75, 3.05) is 6.61 Å². The summed E-state index contributed by atoms with van der Waals surface area (Å²) >= 11 is 6.13. The Labute approximate surface area is 166 Å². The van der Waals surface area contributed by atoms with Gasteiger partial charge < -0.3 is 14.6 Å². The van der Waals surface area contributed by atoms with Crippen molar-refractivity contribution in [3.05, 3.63) is 77.6 Å². The number of aromatic nitrogens is 2. The Morgan fingerprint density at radius 3 is 2.71 bits per heavy atom. The van der Waals surface area contributed by atoms with Crippen molar-refractivity contribution in [1.29, 1.82) is 0 Å². The van der Waals surface area contributed by atoms with E-state index in [9.17, 15) is 4.79 Å². The fraction of sp³-hybridized carbons (Fsp3) is 0.0952. The second-order valence-electron chi connectivity index (χ2n) is 6.03. The quantitative estimate of drug-likeness (QED) is 0.530. The second-order valence-corrected chi connectivity index (χ2v) is 6.44. The molecular weight excluding hydrogens is 378 g/mol. The molecule has 0 spiro atoms. The van der Waals surface area contributed by atoms with Crippen LogP contribution >= 0.6 is 11.6 Å². The number of carbonyl (C=O) groups excluding carboxylic acids is 1. The largest absolute Gasteiger partial charge is 0.483 e. The minimum atomic E-state index is -0.287. The topological polar surface area (TPSA) is 77.2 Å². The predicted octanol–water partition coefficient (Wildman–Crippen LogP) is 4.24. The minimum absolute atomic E-state index is 0.106. The molecule has 0 aliphatic rings. The van der Waals surface area contributed by atoms with E-state index in [-0.39, 0.29) is 24.9 Å². The number of ether oxygens (including phenoxy) is 1. The monoisotopic (exact) mass is 393 g/mol. The maximum absolute atomic E-state index is 12.1. The number of rotatable bonds is 6. The van der Waals surface area contributed by atoms with Crippen molar-refractivity contribution >= 4 is 28.3 Å².